The molecule has 0 bridgehead atoms. The third kappa shape index (κ3) is 3.02. The van der Waals surface area contributed by atoms with Gasteiger partial charge in [-0.05, 0) is 6.92 Å². The monoisotopic (exact) mass is 227 g/mol. The van der Waals surface area contributed by atoms with Crippen LogP contribution >= 0.6 is 0 Å². The Hall–Kier alpha value is -1.96. The zero-order chi connectivity index (χ0) is 12.1. The summed E-state index contributed by atoms with van der Waals surface area (Å²) < 4.78 is 0.946. The van der Waals surface area contributed by atoms with Crippen LogP contribution in [-0.4, -0.2) is 38.4 Å². The lowest BCUT2D eigenvalue weighted by Crippen LogP contribution is -2.40. The fourth-order valence-electron chi connectivity index (χ4n) is 0.942. The molecule has 0 saturated heterocycles. The third-order valence-corrected chi connectivity index (χ3v) is 1.78. The van der Waals surface area contributed by atoms with Gasteiger partial charge in [0, 0.05) is 13.1 Å². The van der Waals surface area contributed by atoms with Crippen molar-refractivity contribution in [3.63, 3.8) is 0 Å². The molecule has 0 aromatic carbocycles. The van der Waals surface area contributed by atoms with E-state index in [-0.39, 0.29) is 13.1 Å². The van der Waals surface area contributed by atoms with Crippen LogP contribution < -0.4 is 16.4 Å². The molecular formula is C8H11N4O4. The van der Waals surface area contributed by atoms with Crippen molar-refractivity contribution in [2.24, 2.45) is 0 Å². The first-order chi connectivity index (χ1) is 7.52. The zero-order valence-corrected chi connectivity index (χ0v) is 8.56. The van der Waals surface area contributed by atoms with E-state index in [0.717, 1.165) is 4.57 Å². The van der Waals surface area contributed by atoms with E-state index in [1.807, 2.05) is 5.10 Å². The van der Waals surface area contributed by atoms with E-state index in [4.69, 9.17) is 5.11 Å². The average Bonchev–Trinajstić information content (AvgIpc) is 2.24. The number of nitrogens with one attached hydrogen (secondary N) is 2. The van der Waals surface area contributed by atoms with Crippen molar-refractivity contribution in [3.8, 4) is 0 Å². The molecule has 1 radical (unpaired) electrons. The number of hydrogen-bond donors (Lipinski definition) is 3. The van der Waals surface area contributed by atoms with E-state index in [1.165, 1.54) is 6.92 Å². The van der Waals surface area contributed by atoms with Gasteiger partial charge in [-0.1, -0.05) is 0 Å². The van der Waals surface area contributed by atoms with Crippen LogP contribution in [0.25, 0.3) is 0 Å². The summed E-state index contributed by atoms with van der Waals surface area (Å²) in [5.74, 6) is -0.550. The van der Waals surface area contributed by atoms with Crippen molar-refractivity contribution in [3.05, 3.63) is 27.0 Å². The highest BCUT2D eigenvalue weighted by Gasteiger charge is 2.07. The molecule has 0 aliphatic carbocycles. The predicted octanol–water partition coefficient (Wildman–Crippen LogP) is -2.77. The van der Waals surface area contributed by atoms with Gasteiger partial charge in [0.1, 0.15) is 6.10 Å². The number of aromatic nitrogens is 3. The Bertz CT molecular complexity index is 475. The van der Waals surface area contributed by atoms with Gasteiger partial charge in [-0.25, -0.2) is 5.10 Å². The van der Waals surface area contributed by atoms with Crippen molar-refractivity contribution in [1.29, 1.82) is 0 Å². The summed E-state index contributed by atoms with van der Waals surface area (Å²) in [5, 5.41) is 16.5. The fourth-order valence-corrected chi connectivity index (χ4v) is 0.942. The zero-order valence-electron chi connectivity index (χ0n) is 8.56. The SMILES string of the molecule is CC(O)C(=O)NCCn1[c]n[nH]c(=O)c1=O. The van der Waals surface area contributed by atoms with E-state index in [2.05, 4.69) is 16.7 Å². The normalized spacial score (nSPS) is 12.1. The lowest BCUT2D eigenvalue weighted by molar-refractivity contribution is -0.128. The van der Waals surface area contributed by atoms with E-state index in [1.54, 1.807) is 0 Å². The molecule has 1 amide bonds. The van der Waals surface area contributed by atoms with Crippen LogP contribution in [0.15, 0.2) is 9.59 Å². The highest BCUT2D eigenvalue weighted by Crippen LogP contribution is 1.79. The summed E-state index contributed by atoms with van der Waals surface area (Å²) in [6.45, 7) is 1.49. The lowest BCUT2D eigenvalue weighted by Gasteiger charge is -2.07. The van der Waals surface area contributed by atoms with Gasteiger partial charge in [-0.3, -0.25) is 19.0 Å². The second kappa shape index (κ2) is 5.21. The maximum atomic E-state index is 11.2. The molecule has 1 aromatic rings. The molecular weight excluding hydrogens is 216 g/mol. The number of H-pyrrole nitrogens is 1. The van der Waals surface area contributed by atoms with Gasteiger partial charge in [-0.15, -0.1) is 0 Å². The molecule has 16 heavy (non-hydrogen) atoms. The highest BCUT2D eigenvalue weighted by molar-refractivity contribution is 5.79. The Morgan fingerprint density at radius 3 is 3.00 bits per heavy atom. The molecule has 8 nitrogen and oxygen atoms in total. The van der Waals surface area contributed by atoms with Crippen LogP contribution in [0.5, 0.6) is 0 Å². The average molecular weight is 227 g/mol. The summed E-state index contributed by atoms with van der Waals surface area (Å²) >= 11 is 0. The number of amides is 1. The summed E-state index contributed by atoms with van der Waals surface area (Å²) in [5.41, 5.74) is -1.64. The number of carbonyl (C=O) groups is 1. The van der Waals surface area contributed by atoms with E-state index >= 15 is 0 Å². The van der Waals surface area contributed by atoms with Gasteiger partial charge in [0.05, 0.1) is 0 Å². The molecule has 0 fully saturated rings. The Morgan fingerprint density at radius 1 is 1.69 bits per heavy atom. The van der Waals surface area contributed by atoms with Gasteiger partial charge < -0.3 is 10.4 Å². The molecule has 1 aromatic heterocycles. The van der Waals surface area contributed by atoms with Crippen molar-refractivity contribution in [1.82, 2.24) is 20.1 Å². The van der Waals surface area contributed by atoms with Gasteiger partial charge in [0.25, 0.3) is 0 Å². The highest BCUT2D eigenvalue weighted by atomic mass is 16.3. The maximum Gasteiger partial charge on any atom is 0.330 e. The predicted molar refractivity (Wildman–Crippen MR) is 52.6 cm³/mol. The van der Waals surface area contributed by atoms with E-state index in [9.17, 15) is 14.4 Å². The first kappa shape index (κ1) is 12.1. The molecule has 0 spiro atoms. The van der Waals surface area contributed by atoms with Crippen LogP contribution in [0, 0.1) is 6.33 Å². The fraction of sp³-hybridized carbons (Fsp3) is 0.500. The minimum atomic E-state index is -1.11. The standard InChI is InChI=1S/C8H11N4O4/c1-5(13)6(14)9-2-3-12-4-10-11-7(15)8(12)16/h5,13H,2-3H2,1H3,(H,9,14)(H,11,15). The molecule has 0 aliphatic heterocycles. The topological polar surface area (TPSA) is 117 Å². The first-order valence-corrected chi connectivity index (χ1v) is 4.55. The molecule has 3 N–H and O–H groups in total. The molecule has 87 valence electrons. The summed E-state index contributed by atoms with van der Waals surface area (Å²) in [6.07, 6.45) is 1.15. The number of aliphatic hydroxyl groups is 1. The second-order valence-electron chi connectivity index (χ2n) is 3.08. The molecule has 0 saturated carbocycles. The smallest absolute Gasteiger partial charge is 0.330 e. The number of carbonyl (C=O) groups excluding carboxylic acids is 1. The third-order valence-electron chi connectivity index (χ3n) is 1.78. The molecule has 1 heterocycles. The van der Waals surface area contributed by atoms with Crippen molar-refractivity contribution in [2.45, 2.75) is 19.6 Å². The first-order valence-electron chi connectivity index (χ1n) is 4.55. The van der Waals surface area contributed by atoms with Gasteiger partial charge in [0.2, 0.25) is 12.2 Å². The van der Waals surface area contributed by atoms with Crippen LogP contribution in [0.2, 0.25) is 0 Å². The lowest BCUT2D eigenvalue weighted by atomic mass is 10.4. The minimum absolute atomic E-state index is 0.0637. The van der Waals surface area contributed by atoms with Gasteiger partial charge in [0.15, 0.2) is 0 Å². The minimum Gasteiger partial charge on any atom is -0.384 e. The van der Waals surface area contributed by atoms with Crippen LogP contribution in [-0.2, 0) is 11.3 Å². The summed E-state index contributed by atoms with van der Waals surface area (Å²) in [7, 11) is 0. The summed E-state index contributed by atoms with van der Waals surface area (Å²) in [6, 6.07) is 0. The largest absolute Gasteiger partial charge is 0.384 e. The van der Waals surface area contributed by atoms with Crippen LogP contribution in [0.3, 0.4) is 0 Å². The maximum absolute atomic E-state index is 11.2. The Morgan fingerprint density at radius 2 is 2.38 bits per heavy atom. The van der Waals surface area contributed by atoms with E-state index < -0.39 is 23.1 Å². The van der Waals surface area contributed by atoms with E-state index in [0.29, 0.717) is 0 Å². The number of rotatable bonds is 4. The molecule has 1 atom stereocenters. The van der Waals surface area contributed by atoms with Crippen LogP contribution in [0.1, 0.15) is 6.92 Å². The Labute approximate surface area is 89.9 Å². The quantitative estimate of drug-likeness (QED) is 0.481. The van der Waals surface area contributed by atoms with Crippen molar-refractivity contribution >= 4 is 5.91 Å². The molecule has 8 heteroatoms. The van der Waals surface area contributed by atoms with Crippen molar-refractivity contribution in [2.75, 3.05) is 6.54 Å². The number of aromatic amines is 1. The Balaban J connectivity index is 2.56. The molecule has 1 rings (SSSR count). The van der Waals surface area contributed by atoms with Gasteiger partial charge >= 0.3 is 11.1 Å². The summed E-state index contributed by atoms with van der Waals surface area (Å²) in [4.78, 5) is 33.0. The number of hydrogen-bond acceptors (Lipinski definition) is 5. The second-order valence-corrected chi connectivity index (χ2v) is 3.08. The molecule has 1 unspecified atom stereocenters. The number of aliphatic hydroxyl groups excluding tert-OH is 1. The van der Waals surface area contributed by atoms with Crippen LogP contribution in [0.4, 0.5) is 0 Å². The Kier molecular flexibility index (Phi) is 3.95. The van der Waals surface area contributed by atoms with Crippen molar-refractivity contribution < 1.29 is 9.90 Å². The van der Waals surface area contributed by atoms with Gasteiger partial charge in [-0.2, -0.15) is 5.10 Å². The number of nitrogens with zero attached hydrogens (tertiary/aromatic N) is 2. The molecule has 0 aliphatic rings.